The number of thiazole rings is 1. The van der Waals surface area contributed by atoms with Crippen LogP contribution >= 0.6 is 27.3 Å². The highest BCUT2D eigenvalue weighted by Gasteiger charge is 2.16. The quantitative estimate of drug-likeness (QED) is 0.217. The molecule has 0 aliphatic heterocycles. The molecule has 2 heterocycles. The molecule has 0 bridgehead atoms. The molecule has 0 aliphatic carbocycles. The SMILES string of the molecule is O=c1oc2cc(N(c3ccccc3)c3ccccc3)ccc2cc1-c1nc2ccc(Br)cc2s1. The van der Waals surface area contributed by atoms with Crippen LogP contribution in [0.5, 0.6) is 0 Å². The van der Waals surface area contributed by atoms with Crippen molar-refractivity contribution in [2.45, 2.75) is 0 Å². The summed E-state index contributed by atoms with van der Waals surface area (Å²) in [5, 5.41) is 1.50. The van der Waals surface area contributed by atoms with E-state index in [0.717, 1.165) is 37.1 Å². The minimum atomic E-state index is -0.395. The first-order valence-corrected chi connectivity index (χ1v) is 12.3. The van der Waals surface area contributed by atoms with Crippen molar-refractivity contribution in [3.63, 3.8) is 0 Å². The second-order valence-corrected chi connectivity index (χ2v) is 9.75. The molecule has 0 N–H and O–H groups in total. The van der Waals surface area contributed by atoms with Crippen LogP contribution in [-0.4, -0.2) is 4.98 Å². The van der Waals surface area contributed by atoms with Gasteiger partial charge in [-0.15, -0.1) is 11.3 Å². The van der Waals surface area contributed by atoms with Gasteiger partial charge in [0.15, 0.2) is 0 Å². The molecule has 34 heavy (non-hydrogen) atoms. The molecule has 6 heteroatoms. The first-order valence-electron chi connectivity index (χ1n) is 10.7. The van der Waals surface area contributed by atoms with Gasteiger partial charge in [0, 0.05) is 33.0 Å². The predicted octanol–water partition coefficient (Wildman–Crippen LogP) is 8.30. The number of anilines is 3. The van der Waals surface area contributed by atoms with Gasteiger partial charge >= 0.3 is 5.63 Å². The molecule has 4 nitrogen and oxygen atoms in total. The maximum absolute atomic E-state index is 13.0. The molecular formula is C28H17BrN2O2S. The van der Waals surface area contributed by atoms with Gasteiger partial charge in [-0.2, -0.15) is 0 Å². The van der Waals surface area contributed by atoms with Crippen LogP contribution in [0.4, 0.5) is 17.1 Å². The fraction of sp³-hybridized carbons (Fsp3) is 0. The number of halogens is 1. The smallest absolute Gasteiger partial charge is 0.346 e. The van der Waals surface area contributed by atoms with Crippen molar-refractivity contribution in [3.8, 4) is 10.6 Å². The number of hydrogen-bond donors (Lipinski definition) is 0. The Bertz CT molecular complexity index is 1660. The second-order valence-electron chi connectivity index (χ2n) is 7.81. The van der Waals surface area contributed by atoms with Crippen LogP contribution in [-0.2, 0) is 0 Å². The Kier molecular flexibility index (Phi) is 5.24. The van der Waals surface area contributed by atoms with Gasteiger partial charge in [-0.1, -0.05) is 52.3 Å². The minimum Gasteiger partial charge on any atom is -0.422 e. The number of rotatable bonds is 4. The summed E-state index contributed by atoms with van der Waals surface area (Å²) >= 11 is 4.97. The summed E-state index contributed by atoms with van der Waals surface area (Å²) in [6, 6.07) is 34.0. The fourth-order valence-electron chi connectivity index (χ4n) is 4.00. The number of benzene rings is 4. The summed E-state index contributed by atoms with van der Waals surface area (Å²) in [6.07, 6.45) is 0. The van der Waals surface area contributed by atoms with E-state index in [4.69, 9.17) is 4.42 Å². The standard InChI is InChI=1S/C28H17BrN2O2S/c29-19-12-14-24-26(16-19)34-27(30-24)23-15-18-11-13-22(17-25(18)33-28(23)32)31(20-7-3-1-4-8-20)21-9-5-2-6-10-21/h1-17H. The van der Waals surface area contributed by atoms with Crippen LogP contribution in [0.2, 0.25) is 0 Å². The molecule has 0 saturated heterocycles. The lowest BCUT2D eigenvalue weighted by molar-refractivity contribution is 0.563. The van der Waals surface area contributed by atoms with Gasteiger partial charge < -0.3 is 9.32 Å². The van der Waals surface area contributed by atoms with Crippen molar-refractivity contribution in [1.82, 2.24) is 4.98 Å². The first kappa shape index (κ1) is 20.8. The number of para-hydroxylation sites is 2. The lowest BCUT2D eigenvalue weighted by Gasteiger charge is -2.25. The van der Waals surface area contributed by atoms with Crippen molar-refractivity contribution < 1.29 is 4.42 Å². The molecule has 2 aromatic heterocycles. The van der Waals surface area contributed by atoms with E-state index in [1.54, 1.807) is 0 Å². The monoisotopic (exact) mass is 524 g/mol. The van der Waals surface area contributed by atoms with E-state index in [2.05, 4.69) is 50.1 Å². The van der Waals surface area contributed by atoms with Crippen LogP contribution in [0.1, 0.15) is 0 Å². The Morgan fingerprint density at radius 1 is 0.765 bits per heavy atom. The molecule has 0 saturated carbocycles. The average molecular weight is 525 g/mol. The molecule has 164 valence electrons. The van der Waals surface area contributed by atoms with Gasteiger partial charge in [0.1, 0.15) is 10.6 Å². The lowest BCUT2D eigenvalue weighted by Crippen LogP contribution is -2.10. The molecule has 6 aromatic rings. The summed E-state index contributed by atoms with van der Waals surface area (Å²) < 4.78 is 7.80. The molecule has 0 amide bonds. The Labute approximate surface area is 207 Å². The molecule has 4 aromatic carbocycles. The fourth-order valence-corrected chi connectivity index (χ4v) is 5.52. The third-order valence-electron chi connectivity index (χ3n) is 5.59. The normalized spacial score (nSPS) is 11.2. The topological polar surface area (TPSA) is 46.3 Å². The largest absolute Gasteiger partial charge is 0.422 e. The van der Waals surface area contributed by atoms with Crippen LogP contribution < -0.4 is 10.5 Å². The van der Waals surface area contributed by atoms with Gasteiger partial charge in [0.05, 0.1) is 15.8 Å². The van der Waals surface area contributed by atoms with Crippen LogP contribution in [0.25, 0.3) is 31.8 Å². The van der Waals surface area contributed by atoms with E-state index in [-0.39, 0.29) is 0 Å². The zero-order valence-corrected chi connectivity index (χ0v) is 20.2. The minimum absolute atomic E-state index is 0.395. The summed E-state index contributed by atoms with van der Waals surface area (Å²) in [5.41, 5.74) is 4.42. The third kappa shape index (κ3) is 3.81. The van der Waals surface area contributed by atoms with Gasteiger partial charge in [0.2, 0.25) is 0 Å². The van der Waals surface area contributed by atoms with Gasteiger partial charge in [-0.05, 0) is 60.7 Å². The number of aromatic nitrogens is 1. The van der Waals surface area contributed by atoms with Crippen molar-refractivity contribution in [2.75, 3.05) is 4.90 Å². The average Bonchev–Trinajstić information content (AvgIpc) is 3.28. The highest BCUT2D eigenvalue weighted by Crippen LogP contribution is 2.36. The maximum Gasteiger partial charge on any atom is 0.346 e. The summed E-state index contributed by atoms with van der Waals surface area (Å²) in [6.45, 7) is 0. The summed E-state index contributed by atoms with van der Waals surface area (Å²) in [7, 11) is 0. The number of hydrogen-bond acceptors (Lipinski definition) is 5. The molecule has 6 rings (SSSR count). The summed E-state index contributed by atoms with van der Waals surface area (Å²) in [4.78, 5) is 19.8. The maximum atomic E-state index is 13.0. The van der Waals surface area contributed by atoms with Gasteiger partial charge in [-0.25, -0.2) is 9.78 Å². The Hall–Kier alpha value is -3.74. The zero-order valence-electron chi connectivity index (χ0n) is 17.8. The predicted molar refractivity (Wildman–Crippen MR) is 143 cm³/mol. The van der Waals surface area contributed by atoms with E-state index in [1.807, 2.05) is 78.9 Å². The molecule has 0 spiro atoms. The van der Waals surface area contributed by atoms with E-state index in [0.29, 0.717) is 16.2 Å². The van der Waals surface area contributed by atoms with E-state index in [9.17, 15) is 4.79 Å². The van der Waals surface area contributed by atoms with E-state index in [1.165, 1.54) is 11.3 Å². The summed E-state index contributed by atoms with van der Waals surface area (Å²) in [5.74, 6) is 0. The number of nitrogens with zero attached hydrogens (tertiary/aromatic N) is 2. The molecule has 0 atom stereocenters. The zero-order chi connectivity index (χ0) is 23.1. The molecule has 0 unspecified atom stereocenters. The van der Waals surface area contributed by atoms with Crippen LogP contribution in [0.15, 0.2) is 117 Å². The van der Waals surface area contributed by atoms with Crippen molar-refractivity contribution in [3.05, 3.63) is 118 Å². The molecule has 0 radical (unpaired) electrons. The van der Waals surface area contributed by atoms with Crippen molar-refractivity contribution >= 4 is 65.5 Å². The van der Waals surface area contributed by atoms with Crippen LogP contribution in [0.3, 0.4) is 0 Å². The lowest BCUT2D eigenvalue weighted by atomic mass is 10.1. The first-order chi connectivity index (χ1) is 16.7. The Morgan fingerprint density at radius 3 is 2.18 bits per heavy atom. The second kappa shape index (κ2) is 8.56. The van der Waals surface area contributed by atoms with E-state index >= 15 is 0 Å². The van der Waals surface area contributed by atoms with E-state index < -0.39 is 5.63 Å². The molecular weight excluding hydrogens is 508 g/mol. The third-order valence-corrected chi connectivity index (χ3v) is 7.13. The number of fused-ring (bicyclic) bond motifs is 2. The van der Waals surface area contributed by atoms with Gasteiger partial charge in [-0.3, -0.25) is 0 Å². The van der Waals surface area contributed by atoms with Crippen molar-refractivity contribution in [1.29, 1.82) is 0 Å². The highest BCUT2D eigenvalue weighted by atomic mass is 79.9. The molecule has 0 fully saturated rings. The van der Waals surface area contributed by atoms with Crippen molar-refractivity contribution in [2.24, 2.45) is 0 Å². The van der Waals surface area contributed by atoms with Gasteiger partial charge in [0.25, 0.3) is 0 Å². The highest BCUT2D eigenvalue weighted by molar-refractivity contribution is 9.10. The Morgan fingerprint density at radius 2 is 1.47 bits per heavy atom. The molecule has 0 aliphatic rings. The Balaban J connectivity index is 1.47. The van der Waals surface area contributed by atoms with Crippen LogP contribution in [0, 0.1) is 0 Å².